The number of methoxy groups -OCH3 is 2. The highest BCUT2D eigenvalue weighted by Gasteiger charge is 2.26. The lowest BCUT2D eigenvalue weighted by Crippen LogP contribution is -2.36. The predicted molar refractivity (Wildman–Crippen MR) is 90.7 cm³/mol. The first kappa shape index (κ1) is 17.7. The Labute approximate surface area is 141 Å². The molecule has 0 aliphatic heterocycles. The van der Waals surface area contributed by atoms with Gasteiger partial charge < -0.3 is 18.6 Å². The topological polar surface area (TPSA) is 61.1 Å². The Morgan fingerprint density at radius 1 is 1.04 bits per heavy atom. The van der Waals surface area contributed by atoms with Crippen molar-refractivity contribution < 1.29 is 23.4 Å². The van der Waals surface area contributed by atoms with E-state index in [1.54, 1.807) is 19.2 Å². The van der Waals surface area contributed by atoms with Gasteiger partial charge >= 0.3 is 6.09 Å². The van der Waals surface area contributed by atoms with E-state index in [4.69, 9.17) is 18.6 Å². The minimum absolute atomic E-state index is 0.301. The first-order valence-corrected chi connectivity index (χ1v) is 7.59. The molecule has 2 rings (SSSR count). The van der Waals surface area contributed by atoms with Crippen LogP contribution in [-0.2, 0) is 11.3 Å². The van der Waals surface area contributed by atoms with Gasteiger partial charge in [-0.25, -0.2) is 9.69 Å². The average Bonchev–Trinajstić information content (AvgIpc) is 3.00. The fourth-order valence-corrected chi connectivity index (χ4v) is 2.03. The molecular weight excluding hydrogens is 310 g/mol. The second-order valence-electron chi connectivity index (χ2n) is 6.21. The number of amides is 1. The van der Waals surface area contributed by atoms with Crippen LogP contribution in [0.2, 0.25) is 0 Å². The van der Waals surface area contributed by atoms with Crippen LogP contribution in [0.5, 0.6) is 11.7 Å². The summed E-state index contributed by atoms with van der Waals surface area (Å²) in [7, 11) is 3.11. The molecule has 2 aromatic rings. The van der Waals surface area contributed by atoms with Crippen molar-refractivity contribution in [3.05, 3.63) is 42.0 Å². The van der Waals surface area contributed by atoms with Crippen LogP contribution in [0.4, 0.5) is 10.7 Å². The predicted octanol–water partition coefficient (Wildman–Crippen LogP) is 4.24. The van der Waals surface area contributed by atoms with Crippen molar-refractivity contribution in [1.29, 1.82) is 0 Å². The molecule has 0 bridgehead atoms. The third-order valence-electron chi connectivity index (χ3n) is 3.15. The highest BCUT2D eigenvalue weighted by Crippen LogP contribution is 2.27. The Morgan fingerprint density at radius 3 is 2.21 bits per heavy atom. The summed E-state index contributed by atoms with van der Waals surface area (Å²) in [5.41, 5.74) is 0.309. The van der Waals surface area contributed by atoms with E-state index in [9.17, 15) is 4.79 Å². The van der Waals surface area contributed by atoms with Gasteiger partial charge in [-0.2, -0.15) is 0 Å². The van der Waals surface area contributed by atoms with E-state index in [-0.39, 0.29) is 0 Å². The van der Waals surface area contributed by atoms with Crippen molar-refractivity contribution in [2.75, 3.05) is 19.1 Å². The zero-order chi connectivity index (χ0) is 17.7. The fraction of sp³-hybridized carbons (Fsp3) is 0.389. The second kappa shape index (κ2) is 7.29. The van der Waals surface area contributed by atoms with E-state index in [1.807, 2.05) is 45.0 Å². The zero-order valence-electron chi connectivity index (χ0n) is 14.7. The van der Waals surface area contributed by atoms with Gasteiger partial charge in [0.2, 0.25) is 5.88 Å². The minimum atomic E-state index is -0.605. The first-order chi connectivity index (χ1) is 11.3. The van der Waals surface area contributed by atoms with Crippen molar-refractivity contribution in [2.24, 2.45) is 0 Å². The Kier molecular flexibility index (Phi) is 5.39. The standard InChI is InChI=1S/C18H23NO5/c1-18(2,3)24-17(20)19(15-10-11-16(22-5)23-15)12-13-6-8-14(21-4)9-7-13/h6-11H,12H2,1-5H3. The maximum absolute atomic E-state index is 12.6. The number of benzene rings is 1. The van der Waals surface area contributed by atoms with Crippen molar-refractivity contribution in [1.82, 2.24) is 0 Å². The molecule has 0 aliphatic rings. The molecule has 1 heterocycles. The molecule has 1 aromatic carbocycles. The van der Waals surface area contributed by atoms with Gasteiger partial charge in [0.1, 0.15) is 11.4 Å². The number of rotatable bonds is 5. The smallest absolute Gasteiger partial charge is 0.417 e. The molecule has 0 N–H and O–H groups in total. The van der Waals surface area contributed by atoms with Crippen LogP contribution in [-0.4, -0.2) is 25.9 Å². The molecule has 0 atom stereocenters. The lowest BCUT2D eigenvalue weighted by molar-refractivity contribution is 0.0570. The number of hydrogen-bond acceptors (Lipinski definition) is 5. The molecule has 24 heavy (non-hydrogen) atoms. The Balaban J connectivity index is 2.25. The van der Waals surface area contributed by atoms with Gasteiger partial charge in [0, 0.05) is 12.1 Å². The highest BCUT2D eigenvalue weighted by molar-refractivity contribution is 5.86. The van der Waals surface area contributed by atoms with Gasteiger partial charge in [-0.15, -0.1) is 0 Å². The average molecular weight is 333 g/mol. The lowest BCUT2D eigenvalue weighted by atomic mass is 10.2. The molecule has 0 unspecified atom stereocenters. The summed E-state index contributed by atoms with van der Waals surface area (Å²) < 4.78 is 21.2. The molecule has 0 spiro atoms. The minimum Gasteiger partial charge on any atom is -0.497 e. The van der Waals surface area contributed by atoms with Crippen LogP contribution >= 0.6 is 0 Å². The van der Waals surface area contributed by atoms with Crippen molar-refractivity contribution >= 4 is 12.0 Å². The summed E-state index contributed by atoms with van der Waals surface area (Å²) in [4.78, 5) is 14.0. The molecule has 6 nitrogen and oxygen atoms in total. The maximum atomic E-state index is 12.6. The molecule has 1 aromatic heterocycles. The Bertz CT molecular complexity index is 669. The molecule has 130 valence electrons. The molecule has 0 aliphatic carbocycles. The van der Waals surface area contributed by atoms with Gasteiger partial charge in [0.15, 0.2) is 0 Å². The van der Waals surface area contributed by atoms with Crippen molar-refractivity contribution in [3.8, 4) is 11.7 Å². The van der Waals surface area contributed by atoms with E-state index < -0.39 is 11.7 Å². The summed E-state index contributed by atoms with van der Waals surface area (Å²) in [5, 5.41) is 0. The van der Waals surface area contributed by atoms with E-state index in [1.165, 1.54) is 12.0 Å². The second-order valence-corrected chi connectivity index (χ2v) is 6.21. The Morgan fingerprint density at radius 2 is 1.71 bits per heavy atom. The van der Waals surface area contributed by atoms with Crippen molar-refractivity contribution in [2.45, 2.75) is 32.9 Å². The van der Waals surface area contributed by atoms with E-state index in [0.717, 1.165) is 11.3 Å². The maximum Gasteiger partial charge on any atom is 0.417 e. The first-order valence-electron chi connectivity index (χ1n) is 7.59. The lowest BCUT2D eigenvalue weighted by Gasteiger charge is -2.26. The van der Waals surface area contributed by atoms with Gasteiger partial charge in [-0.1, -0.05) is 12.1 Å². The zero-order valence-corrected chi connectivity index (χ0v) is 14.7. The SMILES string of the molecule is COc1ccc(CN(C(=O)OC(C)(C)C)c2ccc(OC)o2)cc1. The van der Waals surface area contributed by atoms with Crippen LogP contribution in [0.25, 0.3) is 0 Å². The number of furan rings is 1. The number of hydrogen-bond donors (Lipinski definition) is 0. The quantitative estimate of drug-likeness (QED) is 0.819. The number of carbonyl (C=O) groups is 1. The van der Waals surface area contributed by atoms with Gasteiger partial charge in [0.25, 0.3) is 5.95 Å². The molecule has 0 radical (unpaired) electrons. The summed E-state index contributed by atoms with van der Waals surface area (Å²) in [6, 6.07) is 10.8. The fourth-order valence-electron chi connectivity index (χ4n) is 2.03. The van der Waals surface area contributed by atoms with Crippen LogP contribution in [0, 0.1) is 0 Å². The van der Waals surface area contributed by atoms with E-state index in [2.05, 4.69) is 0 Å². The third-order valence-corrected chi connectivity index (χ3v) is 3.15. The highest BCUT2D eigenvalue weighted by atomic mass is 16.6. The summed E-state index contributed by atoms with van der Waals surface area (Å²) in [6.45, 7) is 5.76. The van der Waals surface area contributed by atoms with Crippen LogP contribution in [0.1, 0.15) is 26.3 Å². The van der Waals surface area contributed by atoms with E-state index in [0.29, 0.717) is 18.4 Å². The van der Waals surface area contributed by atoms with Crippen LogP contribution < -0.4 is 14.4 Å². The molecule has 1 amide bonds. The molecule has 0 saturated heterocycles. The number of nitrogens with zero attached hydrogens (tertiary/aromatic N) is 1. The number of ether oxygens (including phenoxy) is 3. The van der Waals surface area contributed by atoms with Crippen LogP contribution in [0.15, 0.2) is 40.8 Å². The van der Waals surface area contributed by atoms with Gasteiger partial charge in [0.05, 0.1) is 20.8 Å². The third kappa shape index (κ3) is 4.68. The van der Waals surface area contributed by atoms with Gasteiger partial charge in [-0.05, 0) is 38.5 Å². The number of carbonyl (C=O) groups excluding carboxylic acids is 1. The number of anilines is 1. The van der Waals surface area contributed by atoms with E-state index >= 15 is 0 Å². The Hall–Kier alpha value is -2.63. The summed E-state index contributed by atoms with van der Waals surface area (Å²) in [5.74, 6) is 1.44. The summed E-state index contributed by atoms with van der Waals surface area (Å²) in [6.07, 6.45) is -0.490. The summed E-state index contributed by atoms with van der Waals surface area (Å²) >= 11 is 0. The molecular formula is C18H23NO5. The largest absolute Gasteiger partial charge is 0.497 e. The monoisotopic (exact) mass is 333 g/mol. The van der Waals surface area contributed by atoms with Crippen LogP contribution in [0.3, 0.4) is 0 Å². The van der Waals surface area contributed by atoms with Crippen molar-refractivity contribution in [3.63, 3.8) is 0 Å². The molecule has 0 saturated carbocycles. The normalized spacial score (nSPS) is 11.0. The molecule has 6 heteroatoms. The molecule has 0 fully saturated rings. The van der Waals surface area contributed by atoms with Gasteiger partial charge in [-0.3, -0.25) is 0 Å².